The number of H-pyrrole nitrogens is 1. The highest BCUT2D eigenvalue weighted by atomic mass is 35.5. The van der Waals surface area contributed by atoms with E-state index < -0.39 is 9.85 Å². The third-order valence-corrected chi connectivity index (χ3v) is 4.37. The normalized spacial score (nSPS) is 11.1. The Labute approximate surface area is 150 Å². The smallest absolute Gasteiger partial charge is 0.300 e. The minimum atomic E-state index is -0.646. The quantitative estimate of drug-likeness (QED) is 0.410. The average Bonchev–Trinajstić information content (AvgIpc) is 3.00. The van der Waals surface area contributed by atoms with Crippen molar-refractivity contribution in [1.82, 2.24) is 9.97 Å². The first kappa shape index (κ1) is 16.0. The molecule has 0 aliphatic rings. The maximum atomic E-state index is 11.4. The number of pyridine rings is 1. The van der Waals surface area contributed by atoms with Gasteiger partial charge in [0.15, 0.2) is 0 Å². The monoisotopic (exact) mass is 368 g/mol. The molecule has 0 bridgehead atoms. The minimum Gasteiger partial charge on any atom is -0.347 e. The van der Waals surface area contributed by atoms with E-state index in [0.29, 0.717) is 27.0 Å². The number of fused-ring (bicyclic) bond motifs is 3. The Hall–Kier alpha value is -3.52. The van der Waals surface area contributed by atoms with Gasteiger partial charge in [-0.3, -0.25) is 25.2 Å². The molecule has 0 aliphatic heterocycles. The highest BCUT2D eigenvalue weighted by molar-refractivity contribution is 6.30. The predicted octanol–water partition coefficient (Wildman–Crippen LogP) is 4.85. The standard InChI is InChI=1S/C17H9ClN4O4/c18-10-3-1-9(2-4-10)15-17-12(5-6-19-15)13-7-11(21(23)24)8-14(22(25)26)16(13)20-17/h1-8,20H. The Balaban J connectivity index is 2.10. The fourth-order valence-electron chi connectivity index (χ4n) is 2.97. The molecule has 0 radical (unpaired) electrons. The van der Waals surface area contributed by atoms with Crippen molar-refractivity contribution in [1.29, 1.82) is 0 Å². The van der Waals surface area contributed by atoms with Crippen LogP contribution < -0.4 is 0 Å². The second-order valence-corrected chi connectivity index (χ2v) is 6.05. The summed E-state index contributed by atoms with van der Waals surface area (Å²) in [6, 6.07) is 10.9. The molecule has 0 atom stereocenters. The Morgan fingerprint density at radius 2 is 1.65 bits per heavy atom. The molecule has 128 valence electrons. The summed E-state index contributed by atoms with van der Waals surface area (Å²) in [6.45, 7) is 0. The van der Waals surface area contributed by atoms with Crippen LogP contribution in [0.15, 0.2) is 48.7 Å². The van der Waals surface area contributed by atoms with Crippen molar-refractivity contribution in [2.24, 2.45) is 0 Å². The molecule has 0 amide bonds. The largest absolute Gasteiger partial charge is 0.347 e. The summed E-state index contributed by atoms with van der Waals surface area (Å²) in [6.07, 6.45) is 1.56. The number of aromatic amines is 1. The minimum absolute atomic E-state index is 0.221. The first-order valence-electron chi connectivity index (χ1n) is 7.45. The van der Waals surface area contributed by atoms with Crippen LogP contribution in [-0.4, -0.2) is 19.8 Å². The van der Waals surface area contributed by atoms with E-state index in [4.69, 9.17) is 11.6 Å². The third kappa shape index (κ3) is 2.44. The molecule has 0 unspecified atom stereocenters. The van der Waals surface area contributed by atoms with Gasteiger partial charge in [0.05, 0.1) is 27.1 Å². The second kappa shape index (κ2) is 5.78. The first-order chi connectivity index (χ1) is 12.5. The molecular formula is C17H9ClN4O4. The second-order valence-electron chi connectivity index (χ2n) is 5.62. The van der Waals surface area contributed by atoms with Crippen molar-refractivity contribution >= 4 is 44.8 Å². The SMILES string of the molecule is O=[N+]([O-])c1cc([N+](=O)[O-])c2[nH]c3c(-c4ccc(Cl)cc4)nccc3c2c1. The van der Waals surface area contributed by atoms with Crippen molar-refractivity contribution in [3.63, 3.8) is 0 Å². The summed E-state index contributed by atoms with van der Waals surface area (Å²) in [4.78, 5) is 28.6. The van der Waals surface area contributed by atoms with Crippen LogP contribution in [0.4, 0.5) is 11.4 Å². The van der Waals surface area contributed by atoms with Gasteiger partial charge in [0.1, 0.15) is 5.52 Å². The van der Waals surface area contributed by atoms with Crippen LogP contribution in [0.5, 0.6) is 0 Å². The molecule has 0 saturated carbocycles. The highest BCUT2D eigenvalue weighted by Crippen LogP contribution is 2.38. The molecule has 2 aromatic heterocycles. The number of rotatable bonds is 3. The van der Waals surface area contributed by atoms with Gasteiger partial charge in [-0.1, -0.05) is 23.7 Å². The van der Waals surface area contributed by atoms with E-state index in [9.17, 15) is 20.2 Å². The molecule has 4 aromatic rings. The van der Waals surface area contributed by atoms with Gasteiger partial charge >= 0.3 is 0 Å². The zero-order valence-electron chi connectivity index (χ0n) is 13.0. The topological polar surface area (TPSA) is 115 Å². The lowest BCUT2D eigenvalue weighted by Gasteiger charge is -2.02. The van der Waals surface area contributed by atoms with Gasteiger partial charge in [-0.15, -0.1) is 0 Å². The molecule has 9 heteroatoms. The van der Waals surface area contributed by atoms with E-state index in [1.165, 1.54) is 6.07 Å². The molecule has 26 heavy (non-hydrogen) atoms. The molecule has 2 aromatic carbocycles. The van der Waals surface area contributed by atoms with E-state index >= 15 is 0 Å². The van der Waals surface area contributed by atoms with Crippen molar-refractivity contribution in [2.45, 2.75) is 0 Å². The van der Waals surface area contributed by atoms with Crippen LogP contribution in [0.3, 0.4) is 0 Å². The van der Waals surface area contributed by atoms with Gasteiger partial charge in [0.2, 0.25) is 0 Å². The predicted molar refractivity (Wildman–Crippen MR) is 97.4 cm³/mol. The van der Waals surface area contributed by atoms with Crippen molar-refractivity contribution in [2.75, 3.05) is 0 Å². The molecular weight excluding hydrogens is 360 g/mol. The molecule has 0 aliphatic carbocycles. The van der Waals surface area contributed by atoms with Gasteiger partial charge in [-0.2, -0.15) is 0 Å². The molecule has 2 heterocycles. The number of hydrogen-bond acceptors (Lipinski definition) is 5. The van der Waals surface area contributed by atoms with E-state index in [2.05, 4.69) is 9.97 Å². The van der Waals surface area contributed by atoms with E-state index in [0.717, 1.165) is 11.6 Å². The number of nitrogens with zero attached hydrogens (tertiary/aromatic N) is 3. The number of halogens is 1. The molecule has 1 N–H and O–H groups in total. The number of aromatic nitrogens is 2. The summed E-state index contributed by atoms with van der Waals surface area (Å²) in [5, 5.41) is 24.1. The fourth-order valence-corrected chi connectivity index (χ4v) is 3.10. The van der Waals surface area contributed by atoms with Crippen LogP contribution in [0, 0.1) is 20.2 Å². The zero-order valence-corrected chi connectivity index (χ0v) is 13.7. The van der Waals surface area contributed by atoms with Crippen LogP contribution in [0.2, 0.25) is 5.02 Å². The van der Waals surface area contributed by atoms with Crippen molar-refractivity contribution in [3.8, 4) is 11.3 Å². The number of hydrogen-bond donors (Lipinski definition) is 1. The Kier molecular flexibility index (Phi) is 3.55. The number of nitro groups is 2. The lowest BCUT2D eigenvalue weighted by atomic mass is 10.1. The summed E-state index contributed by atoms with van der Waals surface area (Å²) in [5.41, 5.74) is 1.44. The Bertz CT molecular complexity index is 1200. The summed E-state index contributed by atoms with van der Waals surface area (Å²) < 4.78 is 0. The zero-order chi connectivity index (χ0) is 18.4. The number of non-ortho nitro benzene ring substituents is 2. The maximum absolute atomic E-state index is 11.4. The average molecular weight is 369 g/mol. The van der Waals surface area contributed by atoms with Gasteiger partial charge in [0.25, 0.3) is 11.4 Å². The molecule has 0 saturated heterocycles. The van der Waals surface area contributed by atoms with Gasteiger partial charge in [-0.25, -0.2) is 0 Å². The van der Waals surface area contributed by atoms with E-state index in [1.807, 2.05) is 0 Å². The Morgan fingerprint density at radius 3 is 2.31 bits per heavy atom. The lowest BCUT2D eigenvalue weighted by molar-refractivity contribution is -0.393. The molecule has 8 nitrogen and oxygen atoms in total. The van der Waals surface area contributed by atoms with Crippen LogP contribution in [0.1, 0.15) is 0 Å². The number of nitro benzene ring substituents is 2. The molecule has 0 fully saturated rings. The number of nitrogens with one attached hydrogen (secondary N) is 1. The molecule has 4 rings (SSSR count). The van der Waals surface area contributed by atoms with Crippen molar-refractivity contribution < 1.29 is 9.85 Å². The van der Waals surface area contributed by atoms with Crippen molar-refractivity contribution in [3.05, 3.63) is 73.9 Å². The van der Waals surface area contributed by atoms with Gasteiger partial charge in [-0.05, 0) is 18.2 Å². The third-order valence-electron chi connectivity index (χ3n) is 4.12. The maximum Gasteiger partial charge on any atom is 0.300 e. The fraction of sp³-hybridized carbons (Fsp3) is 0. The summed E-state index contributed by atoms with van der Waals surface area (Å²) in [7, 11) is 0. The number of benzene rings is 2. The van der Waals surface area contributed by atoms with E-state index in [-0.39, 0.29) is 16.9 Å². The summed E-state index contributed by atoms with van der Waals surface area (Å²) >= 11 is 5.92. The first-order valence-corrected chi connectivity index (χ1v) is 7.82. The highest BCUT2D eigenvalue weighted by Gasteiger charge is 2.23. The Morgan fingerprint density at radius 1 is 0.923 bits per heavy atom. The van der Waals surface area contributed by atoms with E-state index in [1.54, 1.807) is 36.5 Å². The van der Waals surface area contributed by atoms with Crippen LogP contribution >= 0.6 is 11.6 Å². The lowest BCUT2D eigenvalue weighted by Crippen LogP contribution is -1.93. The molecule has 0 spiro atoms. The van der Waals surface area contributed by atoms with Crippen LogP contribution in [0.25, 0.3) is 33.1 Å². The summed E-state index contributed by atoms with van der Waals surface area (Å²) in [5.74, 6) is 0. The van der Waals surface area contributed by atoms with Crippen LogP contribution in [-0.2, 0) is 0 Å². The van der Waals surface area contributed by atoms with Gasteiger partial charge in [0, 0.05) is 33.6 Å². The van der Waals surface area contributed by atoms with Gasteiger partial charge < -0.3 is 4.98 Å².